The van der Waals surface area contributed by atoms with E-state index in [0.29, 0.717) is 5.56 Å². The number of nitrogens with zero attached hydrogens (tertiary/aromatic N) is 2. The molecule has 29 heavy (non-hydrogen) atoms. The standard InChI is InChI=1S/C19H19F3N4O3/c1-11(13-6-3-7-14(10-13)29-19(20,21)22)24-17(28)15-8-9-23-18(25-15)26-16(27)12-4-2-5-12/h3,6-12H,2,4-5H2,1H3,(H,24,28)(H,23,25,26,27). The molecule has 10 heteroatoms. The number of carbonyl (C=O) groups is 2. The first-order chi connectivity index (χ1) is 13.7. The minimum Gasteiger partial charge on any atom is -0.406 e. The Balaban J connectivity index is 1.64. The van der Waals surface area contributed by atoms with E-state index in [9.17, 15) is 22.8 Å². The maximum atomic E-state index is 12.5. The second-order valence-electron chi connectivity index (χ2n) is 6.70. The summed E-state index contributed by atoms with van der Waals surface area (Å²) in [6.45, 7) is 1.62. The fourth-order valence-electron chi connectivity index (χ4n) is 2.76. The van der Waals surface area contributed by atoms with Crippen LogP contribution in [0.2, 0.25) is 0 Å². The Kier molecular flexibility index (Phi) is 6.00. The lowest BCUT2D eigenvalue weighted by Gasteiger charge is -2.23. The number of anilines is 1. The highest BCUT2D eigenvalue weighted by atomic mass is 19.4. The summed E-state index contributed by atoms with van der Waals surface area (Å²) in [5.74, 6) is -1.13. The third-order valence-corrected chi connectivity index (χ3v) is 4.54. The smallest absolute Gasteiger partial charge is 0.406 e. The topological polar surface area (TPSA) is 93.2 Å². The van der Waals surface area contributed by atoms with Gasteiger partial charge in [0.2, 0.25) is 11.9 Å². The molecule has 0 spiro atoms. The van der Waals surface area contributed by atoms with E-state index in [0.717, 1.165) is 19.3 Å². The number of hydrogen-bond acceptors (Lipinski definition) is 5. The Bertz CT molecular complexity index is 900. The minimum atomic E-state index is -4.80. The second-order valence-corrected chi connectivity index (χ2v) is 6.70. The van der Waals surface area contributed by atoms with Crippen molar-refractivity contribution < 1.29 is 27.5 Å². The summed E-state index contributed by atoms with van der Waals surface area (Å²) in [5.41, 5.74) is 0.450. The Morgan fingerprint density at radius 3 is 2.66 bits per heavy atom. The van der Waals surface area contributed by atoms with Gasteiger partial charge in [-0.2, -0.15) is 0 Å². The third-order valence-electron chi connectivity index (χ3n) is 4.54. The van der Waals surface area contributed by atoms with Crippen LogP contribution in [0.15, 0.2) is 36.5 Å². The molecule has 0 aliphatic heterocycles. The van der Waals surface area contributed by atoms with E-state index < -0.39 is 18.3 Å². The fourth-order valence-corrected chi connectivity index (χ4v) is 2.76. The number of alkyl halides is 3. The van der Waals surface area contributed by atoms with Gasteiger partial charge < -0.3 is 10.1 Å². The van der Waals surface area contributed by atoms with Crippen LogP contribution in [0.4, 0.5) is 19.1 Å². The average molecular weight is 408 g/mol. The molecule has 1 aromatic carbocycles. The maximum Gasteiger partial charge on any atom is 0.573 e. The predicted octanol–water partition coefficient (Wildman–Crippen LogP) is 3.60. The van der Waals surface area contributed by atoms with Crippen molar-refractivity contribution in [3.8, 4) is 5.75 Å². The number of rotatable bonds is 6. The van der Waals surface area contributed by atoms with Crippen LogP contribution in [-0.2, 0) is 4.79 Å². The monoisotopic (exact) mass is 408 g/mol. The van der Waals surface area contributed by atoms with Gasteiger partial charge in [0.15, 0.2) is 0 Å². The number of hydrogen-bond donors (Lipinski definition) is 2. The van der Waals surface area contributed by atoms with Crippen molar-refractivity contribution in [2.75, 3.05) is 5.32 Å². The number of halogens is 3. The molecule has 1 unspecified atom stereocenters. The summed E-state index contributed by atoms with van der Waals surface area (Å²) in [7, 11) is 0. The number of carbonyl (C=O) groups excluding carboxylic acids is 2. The molecule has 0 saturated heterocycles. The summed E-state index contributed by atoms with van der Waals surface area (Å²) in [6, 6.07) is 6.11. The molecule has 7 nitrogen and oxygen atoms in total. The number of ether oxygens (including phenoxy) is 1. The van der Waals surface area contributed by atoms with Crippen LogP contribution in [-0.4, -0.2) is 28.1 Å². The van der Waals surface area contributed by atoms with Crippen molar-refractivity contribution in [3.05, 3.63) is 47.8 Å². The predicted molar refractivity (Wildman–Crippen MR) is 97.0 cm³/mol. The summed E-state index contributed by atoms with van der Waals surface area (Å²) in [6.07, 6.45) is -0.803. The van der Waals surface area contributed by atoms with E-state index in [4.69, 9.17) is 0 Å². The fraction of sp³-hybridized carbons (Fsp3) is 0.368. The Morgan fingerprint density at radius 1 is 1.24 bits per heavy atom. The summed E-state index contributed by atoms with van der Waals surface area (Å²) < 4.78 is 41.0. The third kappa shape index (κ3) is 5.66. The van der Waals surface area contributed by atoms with Crippen LogP contribution < -0.4 is 15.4 Å². The highest BCUT2D eigenvalue weighted by Crippen LogP contribution is 2.27. The first kappa shape index (κ1) is 20.6. The van der Waals surface area contributed by atoms with E-state index in [1.165, 1.54) is 30.5 Å². The van der Waals surface area contributed by atoms with Gasteiger partial charge in [0.25, 0.3) is 5.91 Å². The lowest BCUT2D eigenvalue weighted by molar-refractivity contribution is -0.274. The van der Waals surface area contributed by atoms with Gasteiger partial charge in [0.05, 0.1) is 6.04 Å². The van der Waals surface area contributed by atoms with Crippen molar-refractivity contribution in [1.29, 1.82) is 0 Å². The van der Waals surface area contributed by atoms with Gasteiger partial charge in [0, 0.05) is 12.1 Å². The molecule has 0 bridgehead atoms. The number of amides is 2. The van der Waals surface area contributed by atoms with E-state index in [1.54, 1.807) is 13.0 Å². The number of nitrogens with one attached hydrogen (secondary N) is 2. The van der Waals surface area contributed by atoms with Crippen LogP contribution in [0, 0.1) is 5.92 Å². The van der Waals surface area contributed by atoms with Gasteiger partial charge in [-0.3, -0.25) is 14.9 Å². The molecule has 1 aliphatic rings. The molecule has 2 amide bonds. The van der Waals surface area contributed by atoms with Crippen LogP contribution in [0.5, 0.6) is 5.75 Å². The second kappa shape index (κ2) is 8.46. The van der Waals surface area contributed by atoms with Gasteiger partial charge in [-0.1, -0.05) is 18.6 Å². The summed E-state index contributed by atoms with van der Waals surface area (Å²) >= 11 is 0. The van der Waals surface area contributed by atoms with Gasteiger partial charge in [-0.15, -0.1) is 13.2 Å². The van der Waals surface area contributed by atoms with Crippen LogP contribution in [0.1, 0.15) is 48.3 Å². The molecule has 1 aliphatic carbocycles. The Labute approximate surface area is 164 Å². The van der Waals surface area contributed by atoms with Crippen LogP contribution in [0.25, 0.3) is 0 Å². The lowest BCUT2D eigenvalue weighted by Crippen LogP contribution is -2.30. The van der Waals surface area contributed by atoms with Gasteiger partial charge in [-0.05, 0) is 43.5 Å². The molecule has 2 aromatic rings. The molecule has 1 saturated carbocycles. The SMILES string of the molecule is CC(NC(=O)c1ccnc(NC(=O)C2CCC2)n1)c1cccc(OC(F)(F)F)c1. The molecule has 3 rings (SSSR count). The van der Waals surface area contributed by atoms with Gasteiger partial charge in [0.1, 0.15) is 11.4 Å². The zero-order valence-electron chi connectivity index (χ0n) is 15.5. The maximum absolute atomic E-state index is 12.5. The average Bonchev–Trinajstić information content (AvgIpc) is 2.59. The molecule has 1 fully saturated rings. The van der Waals surface area contributed by atoms with E-state index in [2.05, 4.69) is 25.3 Å². The van der Waals surface area contributed by atoms with Gasteiger partial charge in [-0.25, -0.2) is 9.97 Å². The molecule has 1 heterocycles. The molecule has 0 radical (unpaired) electrons. The lowest BCUT2D eigenvalue weighted by atomic mass is 9.85. The molecule has 154 valence electrons. The molecular formula is C19H19F3N4O3. The summed E-state index contributed by atoms with van der Waals surface area (Å²) in [5, 5.41) is 5.24. The minimum absolute atomic E-state index is 0.0263. The highest BCUT2D eigenvalue weighted by Gasteiger charge is 2.31. The highest BCUT2D eigenvalue weighted by molar-refractivity contribution is 5.94. The van der Waals surface area contributed by atoms with Crippen LogP contribution >= 0.6 is 0 Å². The van der Waals surface area contributed by atoms with Crippen molar-refractivity contribution in [2.45, 2.75) is 38.6 Å². The Hall–Kier alpha value is -3.17. The van der Waals surface area contributed by atoms with Crippen molar-refractivity contribution in [2.24, 2.45) is 5.92 Å². The van der Waals surface area contributed by atoms with E-state index in [-0.39, 0.29) is 29.2 Å². The largest absolute Gasteiger partial charge is 0.573 e. The summed E-state index contributed by atoms with van der Waals surface area (Å²) in [4.78, 5) is 32.4. The number of benzene rings is 1. The molecule has 2 N–H and O–H groups in total. The quantitative estimate of drug-likeness (QED) is 0.762. The molecular weight excluding hydrogens is 389 g/mol. The normalized spacial score (nSPS) is 15.2. The van der Waals surface area contributed by atoms with E-state index in [1.807, 2.05) is 0 Å². The van der Waals surface area contributed by atoms with Crippen LogP contribution in [0.3, 0.4) is 0 Å². The first-order valence-corrected chi connectivity index (χ1v) is 9.02. The molecule has 1 atom stereocenters. The molecule has 1 aromatic heterocycles. The van der Waals surface area contributed by atoms with Crippen molar-refractivity contribution in [3.63, 3.8) is 0 Å². The van der Waals surface area contributed by atoms with Crippen molar-refractivity contribution in [1.82, 2.24) is 15.3 Å². The zero-order chi connectivity index (χ0) is 21.0. The Morgan fingerprint density at radius 2 is 2.00 bits per heavy atom. The number of aromatic nitrogens is 2. The zero-order valence-corrected chi connectivity index (χ0v) is 15.5. The first-order valence-electron chi connectivity index (χ1n) is 9.02. The van der Waals surface area contributed by atoms with Crippen molar-refractivity contribution >= 4 is 17.8 Å². The van der Waals surface area contributed by atoms with Gasteiger partial charge >= 0.3 is 6.36 Å². The van der Waals surface area contributed by atoms with E-state index >= 15 is 0 Å².